The molecule has 0 aliphatic carbocycles. The fourth-order valence-corrected chi connectivity index (χ4v) is 5.87. The number of hydrogen-bond donors (Lipinski definition) is 1. The van der Waals surface area contributed by atoms with Crippen molar-refractivity contribution in [1.82, 2.24) is 8.10 Å². The average Bonchev–Trinajstić information content (AvgIpc) is 3.32. The Morgan fingerprint density at radius 1 is 1.15 bits per heavy atom. The molecule has 12 heteroatoms. The number of allylic oxidation sites excluding steroid dienone is 1. The number of methoxy groups -OCH3 is 2. The number of esters is 2. The Balaban J connectivity index is 2.39. The number of carbonyl (C=O) groups excluding carboxylic acids is 2. The first kappa shape index (κ1) is 26.5. The first-order valence-electron chi connectivity index (χ1n) is 9.85. The Bertz CT molecular complexity index is 1160. The maximum absolute atomic E-state index is 13.2. The number of halogens is 3. The largest absolute Gasteiger partial charge is 0.481 e. The van der Waals surface area contributed by atoms with E-state index in [-0.39, 0.29) is 32.3 Å². The van der Waals surface area contributed by atoms with E-state index in [2.05, 4.69) is 4.98 Å². The number of aryl methyl sites for hydroxylation is 1. The van der Waals surface area contributed by atoms with E-state index in [1.54, 1.807) is 27.5 Å². The lowest BCUT2D eigenvalue weighted by atomic mass is 9.83. The second kappa shape index (κ2) is 11.5. The summed E-state index contributed by atoms with van der Waals surface area (Å²) in [7, 11) is 2.40. The molecule has 34 heavy (non-hydrogen) atoms. The van der Waals surface area contributed by atoms with Gasteiger partial charge in [-0.1, -0.05) is 29.3 Å². The van der Waals surface area contributed by atoms with Gasteiger partial charge in [-0.25, -0.2) is 14.6 Å². The maximum atomic E-state index is 13.2. The standard InChI is InChI=1S/C22H19Cl2IN2O6S/c1-32-21(30)18-13(6-7-15-26-8-9-34-15)27(25)14(10-16(28)29)19(22(31)33-2)20(18)17-11(23)4-3-5-12(17)24/h3-5,8-9,14H,6-7,10H2,1-2H3,(H,28,29). The number of nitrogens with zero attached hydrogens (tertiary/aromatic N) is 2. The Kier molecular flexibility index (Phi) is 8.96. The predicted octanol–water partition coefficient (Wildman–Crippen LogP) is 4.95. The number of aliphatic carboxylic acids is 1. The summed E-state index contributed by atoms with van der Waals surface area (Å²) >= 11 is 16.4. The Hall–Kier alpha value is -2.15. The van der Waals surface area contributed by atoms with Gasteiger partial charge in [0.1, 0.15) is 0 Å². The molecule has 0 bridgehead atoms. The van der Waals surface area contributed by atoms with Gasteiger partial charge < -0.3 is 17.7 Å². The highest BCUT2D eigenvalue weighted by molar-refractivity contribution is 14.1. The molecular formula is C22H19Cl2IN2O6S. The van der Waals surface area contributed by atoms with E-state index in [4.69, 9.17) is 32.7 Å². The van der Waals surface area contributed by atoms with Crippen LogP contribution in [-0.4, -0.2) is 51.4 Å². The lowest BCUT2D eigenvalue weighted by Gasteiger charge is -2.37. The minimum atomic E-state index is -1.14. The first-order chi connectivity index (χ1) is 16.2. The molecule has 0 amide bonds. The van der Waals surface area contributed by atoms with Crippen LogP contribution < -0.4 is 0 Å². The summed E-state index contributed by atoms with van der Waals surface area (Å²) in [5.74, 6) is -2.67. The van der Waals surface area contributed by atoms with Gasteiger partial charge in [0.2, 0.25) is 0 Å². The number of ether oxygens (including phenoxy) is 2. The van der Waals surface area contributed by atoms with Gasteiger partial charge in [0.25, 0.3) is 0 Å². The number of aromatic nitrogens is 1. The summed E-state index contributed by atoms with van der Waals surface area (Å²) in [5.41, 5.74) is 0.798. The maximum Gasteiger partial charge on any atom is 0.340 e. The molecule has 2 heterocycles. The number of rotatable bonds is 8. The van der Waals surface area contributed by atoms with Gasteiger partial charge in [-0.3, -0.25) is 4.79 Å². The van der Waals surface area contributed by atoms with E-state index >= 15 is 0 Å². The van der Waals surface area contributed by atoms with Crippen LogP contribution >= 0.6 is 57.4 Å². The van der Waals surface area contributed by atoms with Gasteiger partial charge in [0.15, 0.2) is 0 Å². The van der Waals surface area contributed by atoms with Crippen LogP contribution in [0.15, 0.2) is 46.6 Å². The number of carboxylic acid groups (broad SMARTS) is 1. The SMILES string of the molecule is COC(=O)C1=C(CCc2nccs2)N(I)C(CC(=O)O)C(C(=O)OC)=C1c1c(Cl)cccc1Cl. The minimum absolute atomic E-state index is 0.0484. The van der Waals surface area contributed by atoms with E-state index in [9.17, 15) is 19.5 Å². The summed E-state index contributed by atoms with van der Waals surface area (Å²) in [4.78, 5) is 42.3. The fourth-order valence-electron chi connectivity index (χ4n) is 3.70. The topological polar surface area (TPSA) is 106 Å². The first-order valence-corrected chi connectivity index (χ1v) is 12.4. The molecule has 1 aromatic carbocycles. The van der Waals surface area contributed by atoms with Crippen LogP contribution in [0, 0.1) is 0 Å². The third-order valence-corrected chi connectivity index (χ3v) is 7.83. The molecule has 0 radical (unpaired) electrons. The number of hydrogen-bond acceptors (Lipinski definition) is 8. The molecule has 1 aliphatic rings. The molecule has 3 rings (SSSR count). The molecule has 1 aliphatic heterocycles. The Morgan fingerprint density at radius 3 is 2.32 bits per heavy atom. The van der Waals surface area contributed by atoms with Gasteiger partial charge in [-0.2, -0.15) is 0 Å². The molecule has 1 unspecified atom stereocenters. The molecule has 0 saturated carbocycles. The van der Waals surface area contributed by atoms with Crippen molar-refractivity contribution in [2.45, 2.75) is 25.3 Å². The highest BCUT2D eigenvalue weighted by atomic mass is 127. The summed E-state index contributed by atoms with van der Waals surface area (Å²) < 4.78 is 11.7. The average molecular weight is 637 g/mol. The van der Waals surface area contributed by atoms with E-state index in [1.165, 1.54) is 25.6 Å². The quantitative estimate of drug-likeness (QED) is 0.247. The fraction of sp³-hybridized carbons (Fsp3) is 0.273. The van der Waals surface area contributed by atoms with Crippen molar-refractivity contribution >= 4 is 80.9 Å². The summed E-state index contributed by atoms with van der Waals surface area (Å²) in [5, 5.41) is 12.7. The third kappa shape index (κ3) is 5.40. The molecule has 180 valence electrons. The van der Waals surface area contributed by atoms with Crippen molar-refractivity contribution in [1.29, 1.82) is 0 Å². The highest BCUT2D eigenvalue weighted by Crippen LogP contribution is 2.46. The second-order valence-corrected chi connectivity index (χ2v) is 9.87. The van der Waals surface area contributed by atoms with E-state index in [1.807, 2.05) is 28.2 Å². The van der Waals surface area contributed by atoms with Crippen LogP contribution in [0.3, 0.4) is 0 Å². The zero-order valence-corrected chi connectivity index (χ0v) is 22.5. The lowest BCUT2D eigenvalue weighted by Crippen LogP contribution is -2.40. The van der Waals surface area contributed by atoms with Gasteiger partial charge in [-0.15, -0.1) is 11.3 Å². The number of benzene rings is 1. The molecule has 0 saturated heterocycles. The zero-order valence-electron chi connectivity index (χ0n) is 18.0. The van der Waals surface area contributed by atoms with Crippen LogP contribution in [0.2, 0.25) is 10.0 Å². The Labute approximate surface area is 223 Å². The summed E-state index contributed by atoms with van der Waals surface area (Å²) in [6.45, 7) is 0. The predicted molar refractivity (Wildman–Crippen MR) is 137 cm³/mol. The van der Waals surface area contributed by atoms with Crippen molar-refractivity contribution in [2.24, 2.45) is 0 Å². The van der Waals surface area contributed by atoms with Crippen LogP contribution in [0.1, 0.15) is 23.4 Å². The zero-order chi connectivity index (χ0) is 25.0. The second-order valence-electron chi connectivity index (χ2n) is 7.04. The monoisotopic (exact) mass is 636 g/mol. The van der Waals surface area contributed by atoms with Gasteiger partial charge >= 0.3 is 17.9 Å². The van der Waals surface area contributed by atoms with Crippen LogP contribution in [0.4, 0.5) is 0 Å². The molecular weight excluding hydrogens is 618 g/mol. The number of carbonyl (C=O) groups is 3. The number of carboxylic acids is 1. The molecule has 0 fully saturated rings. The summed E-state index contributed by atoms with van der Waals surface area (Å²) in [6, 6.07) is 3.79. The van der Waals surface area contributed by atoms with E-state index in [0.717, 1.165) is 5.01 Å². The van der Waals surface area contributed by atoms with Gasteiger partial charge in [-0.05, 0) is 18.6 Å². The van der Waals surface area contributed by atoms with Crippen LogP contribution in [-0.2, 0) is 30.3 Å². The minimum Gasteiger partial charge on any atom is -0.481 e. The van der Waals surface area contributed by atoms with Crippen LogP contribution in [0.25, 0.3) is 5.57 Å². The summed E-state index contributed by atoms with van der Waals surface area (Å²) in [6.07, 6.45) is 2.03. The van der Waals surface area contributed by atoms with Gasteiger partial charge in [0.05, 0.1) is 65.7 Å². The van der Waals surface area contributed by atoms with Crippen molar-refractivity contribution in [3.8, 4) is 0 Å². The third-order valence-electron chi connectivity index (χ3n) is 5.11. The molecule has 1 atom stereocenters. The van der Waals surface area contributed by atoms with Crippen molar-refractivity contribution in [3.63, 3.8) is 0 Å². The highest BCUT2D eigenvalue weighted by Gasteiger charge is 2.43. The normalized spacial score (nSPS) is 16.0. The Morgan fingerprint density at radius 2 is 1.79 bits per heavy atom. The molecule has 8 nitrogen and oxygen atoms in total. The smallest absolute Gasteiger partial charge is 0.340 e. The van der Waals surface area contributed by atoms with Crippen molar-refractivity contribution in [2.75, 3.05) is 14.2 Å². The molecule has 1 N–H and O–H groups in total. The van der Waals surface area contributed by atoms with E-state index in [0.29, 0.717) is 18.5 Å². The van der Waals surface area contributed by atoms with Crippen LogP contribution in [0.5, 0.6) is 0 Å². The lowest BCUT2D eigenvalue weighted by molar-refractivity contribution is -0.138. The van der Waals surface area contributed by atoms with Crippen molar-refractivity contribution < 1.29 is 29.0 Å². The van der Waals surface area contributed by atoms with Gasteiger partial charge in [0, 0.05) is 44.9 Å². The molecule has 2 aromatic rings. The number of thiazole rings is 1. The molecule has 0 spiro atoms. The van der Waals surface area contributed by atoms with E-state index < -0.39 is 30.4 Å². The molecule has 1 aromatic heterocycles. The van der Waals surface area contributed by atoms with Crippen molar-refractivity contribution in [3.05, 3.63) is 67.2 Å².